The molecule has 1 unspecified atom stereocenters. The number of H-pyrrole nitrogens is 1. The molecule has 0 spiro atoms. The number of hydrogen-bond acceptors (Lipinski definition) is 4. The molecule has 0 bridgehead atoms. The SMILES string of the molecule is CNCC(c1nn[nH]n1)c1c(C)cc(C)cc1C. The van der Waals surface area contributed by atoms with Gasteiger partial charge in [0.15, 0.2) is 5.82 Å². The van der Waals surface area contributed by atoms with Crippen molar-refractivity contribution in [3.8, 4) is 0 Å². The molecular weight excluding hydrogens is 226 g/mol. The molecule has 0 aliphatic heterocycles. The molecule has 96 valence electrons. The summed E-state index contributed by atoms with van der Waals surface area (Å²) in [5.74, 6) is 0.869. The van der Waals surface area contributed by atoms with E-state index in [1.165, 1.54) is 22.3 Å². The van der Waals surface area contributed by atoms with E-state index in [9.17, 15) is 0 Å². The minimum absolute atomic E-state index is 0.134. The van der Waals surface area contributed by atoms with Crippen LogP contribution in [0, 0.1) is 20.8 Å². The topological polar surface area (TPSA) is 66.5 Å². The van der Waals surface area contributed by atoms with Crippen LogP contribution in [0.2, 0.25) is 0 Å². The van der Waals surface area contributed by atoms with Gasteiger partial charge in [-0.25, -0.2) is 0 Å². The molecular formula is C13H19N5. The molecule has 0 radical (unpaired) electrons. The van der Waals surface area contributed by atoms with Crippen LogP contribution in [0.4, 0.5) is 0 Å². The zero-order valence-electron chi connectivity index (χ0n) is 11.3. The Kier molecular flexibility index (Phi) is 3.72. The average Bonchev–Trinajstić information content (AvgIpc) is 2.79. The highest BCUT2D eigenvalue weighted by Crippen LogP contribution is 2.28. The molecule has 1 aromatic heterocycles. The van der Waals surface area contributed by atoms with Crippen LogP contribution in [0.15, 0.2) is 12.1 Å². The number of tetrazole rings is 1. The second kappa shape index (κ2) is 5.27. The van der Waals surface area contributed by atoms with Crippen LogP contribution >= 0.6 is 0 Å². The summed E-state index contributed by atoms with van der Waals surface area (Å²) in [6.07, 6.45) is 0. The van der Waals surface area contributed by atoms with E-state index >= 15 is 0 Å². The van der Waals surface area contributed by atoms with Gasteiger partial charge in [0.2, 0.25) is 0 Å². The highest BCUT2D eigenvalue weighted by molar-refractivity contribution is 5.42. The van der Waals surface area contributed by atoms with Gasteiger partial charge in [0.25, 0.3) is 0 Å². The van der Waals surface area contributed by atoms with Crippen LogP contribution in [-0.2, 0) is 0 Å². The van der Waals surface area contributed by atoms with E-state index in [-0.39, 0.29) is 5.92 Å². The minimum Gasteiger partial charge on any atom is -0.319 e. The first-order valence-electron chi connectivity index (χ1n) is 6.09. The molecule has 0 fully saturated rings. The van der Waals surface area contributed by atoms with E-state index in [4.69, 9.17) is 0 Å². The Balaban J connectivity index is 2.49. The van der Waals surface area contributed by atoms with Crippen LogP contribution in [-0.4, -0.2) is 34.2 Å². The van der Waals surface area contributed by atoms with E-state index in [0.29, 0.717) is 0 Å². The lowest BCUT2D eigenvalue weighted by atomic mass is 9.89. The maximum absolute atomic E-state index is 4.13. The molecule has 0 amide bonds. The van der Waals surface area contributed by atoms with Gasteiger partial charge in [-0.3, -0.25) is 0 Å². The van der Waals surface area contributed by atoms with Gasteiger partial charge in [-0.2, -0.15) is 5.21 Å². The lowest BCUT2D eigenvalue weighted by Crippen LogP contribution is -2.21. The van der Waals surface area contributed by atoms with Gasteiger partial charge >= 0.3 is 0 Å². The number of likely N-dealkylation sites (N-methyl/N-ethyl adjacent to an activating group) is 1. The highest BCUT2D eigenvalue weighted by atomic mass is 15.5. The fraction of sp³-hybridized carbons (Fsp3) is 0.462. The van der Waals surface area contributed by atoms with E-state index in [1.807, 2.05) is 7.05 Å². The van der Waals surface area contributed by atoms with Gasteiger partial charge in [-0.05, 0) is 44.5 Å². The van der Waals surface area contributed by atoms with Crippen molar-refractivity contribution in [3.05, 3.63) is 40.2 Å². The van der Waals surface area contributed by atoms with Crippen molar-refractivity contribution < 1.29 is 0 Å². The zero-order valence-corrected chi connectivity index (χ0v) is 11.3. The molecule has 0 saturated carbocycles. The fourth-order valence-corrected chi connectivity index (χ4v) is 2.58. The van der Waals surface area contributed by atoms with Crippen molar-refractivity contribution in [3.63, 3.8) is 0 Å². The molecule has 1 atom stereocenters. The highest BCUT2D eigenvalue weighted by Gasteiger charge is 2.21. The summed E-state index contributed by atoms with van der Waals surface area (Å²) in [5.41, 5.74) is 5.12. The van der Waals surface area contributed by atoms with E-state index in [0.717, 1.165) is 12.4 Å². The zero-order chi connectivity index (χ0) is 13.1. The van der Waals surface area contributed by atoms with Crippen molar-refractivity contribution >= 4 is 0 Å². The van der Waals surface area contributed by atoms with Gasteiger partial charge in [0, 0.05) is 6.54 Å². The molecule has 0 saturated heterocycles. The summed E-state index contributed by atoms with van der Waals surface area (Å²) in [4.78, 5) is 0. The average molecular weight is 245 g/mol. The maximum atomic E-state index is 4.13. The summed E-state index contributed by atoms with van der Waals surface area (Å²) in [5, 5.41) is 17.7. The molecule has 1 aromatic carbocycles. The first-order chi connectivity index (χ1) is 8.63. The molecule has 18 heavy (non-hydrogen) atoms. The van der Waals surface area contributed by atoms with E-state index in [2.05, 4.69) is 58.8 Å². The van der Waals surface area contributed by atoms with E-state index < -0.39 is 0 Å². The number of benzene rings is 1. The summed E-state index contributed by atoms with van der Waals surface area (Å²) in [7, 11) is 1.94. The summed E-state index contributed by atoms with van der Waals surface area (Å²) in [6, 6.07) is 4.40. The third-order valence-electron chi connectivity index (χ3n) is 3.17. The third-order valence-corrected chi connectivity index (χ3v) is 3.17. The second-order valence-electron chi connectivity index (χ2n) is 4.69. The molecule has 2 N–H and O–H groups in total. The maximum Gasteiger partial charge on any atom is 0.183 e. The number of aromatic amines is 1. The molecule has 0 aliphatic rings. The minimum atomic E-state index is 0.134. The summed E-state index contributed by atoms with van der Waals surface area (Å²) in [6.45, 7) is 7.19. The molecule has 2 aromatic rings. The molecule has 1 heterocycles. The third kappa shape index (κ3) is 2.41. The summed E-state index contributed by atoms with van der Waals surface area (Å²) < 4.78 is 0. The van der Waals surface area contributed by atoms with Crippen LogP contribution in [0.5, 0.6) is 0 Å². The number of rotatable bonds is 4. The van der Waals surface area contributed by atoms with Crippen LogP contribution < -0.4 is 5.32 Å². The van der Waals surface area contributed by atoms with Gasteiger partial charge in [0.1, 0.15) is 0 Å². The Morgan fingerprint density at radius 2 is 1.89 bits per heavy atom. The Bertz CT molecular complexity index is 495. The molecule has 2 rings (SSSR count). The first-order valence-corrected chi connectivity index (χ1v) is 6.09. The second-order valence-corrected chi connectivity index (χ2v) is 4.69. The monoisotopic (exact) mass is 245 g/mol. The van der Waals surface area contributed by atoms with Crippen molar-refractivity contribution in [2.24, 2.45) is 0 Å². The van der Waals surface area contributed by atoms with Crippen molar-refractivity contribution in [2.75, 3.05) is 13.6 Å². The number of nitrogens with one attached hydrogen (secondary N) is 2. The van der Waals surface area contributed by atoms with Crippen molar-refractivity contribution in [2.45, 2.75) is 26.7 Å². The number of hydrogen-bond donors (Lipinski definition) is 2. The van der Waals surface area contributed by atoms with Gasteiger partial charge in [-0.1, -0.05) is 22.9 Å². The Morgan fingerprint density at radius 1 is 1.22 bits per heavy atom. The Labute approximate surface area is 107 Å². The van der Waals surface area contributed by atoms with Gasteiger partial charge in [0.05, 0.1) is 5.92 Å². The number of aryl methyl sites for hydroxylation is 3. The first kappa shape index (κ1) is 12.7. The Morgan fingerprint density at radius 3 is 2.39 bits per heavy atom. The number of nitrogens with zero attached hydrogens (tertiary/aromatic N) is 3. The van der Waals surface area contributed by atoms with Gasteiger partial charge in [-0.15, -0.1) is 10.2 Å². The van der Waals surface area contributed by atoms with E-state index in [1.54, 1.807) is 0 Å². The normalized spacial score (nSPS) is 12.7. The van der Waals surface area contributed by atoms with Crippen LogP contribution in [0.25, 0.3) is 0 Å². The standard InChI is InChI=1S/C13H19N5/c1-8-5-9(2)12(10(3)6-8)11(7-14-4)13-15-17-18-16-13/h5-6,11,14H,7H2,1-4H3,(H,15,16,17,18). The lowest BCUT2D eigenvalue weighted by Gasteiger charge is -2.19. The van der Waals surface area contributed by atoms with Crippen LogP contribution in [0.3, 0.4) is 0 Å². The predicted octanol–water partition coefficient (Wildman–Crippen LogP) is 1.48. The molecule has 5 heteroatoms. The quantitative estimate of drug-likeness (QED) is 0.856. The summed E-state index contributed by atoms with van der Waals surface area (Å²) >= 11 is 0. The smallest absolute Gasteiger partial charge is 0.183 e. The number of aromatic nitrogens is 4. The largest absolute Gasteiger partial charge is 0.319 e. The fourth-order valence-electron chi connectivity index (χ4n) is 2.58. The Hall–Kier alpha value is -1.75. The molecule has 0 aliphatic carbocycles. The van der Waals surface area contributed by atoms with Crippen molar-refractivity contribution in [1.29, 1.82) is 0 Å². The van der Waals surface area contributed by atoms with Crippen molar-refractivity contribution in [1.82, 2.24) is 25.9 Å². The van der Waals surface area contributed by atoms with Crippen LogP contribution in [0.1, 0.15) is 34.0 Å². The lowest BCUT2D eigenvalue weighted by molar-refractivity contribution is 0.666. The van der Waals surface area contributed by atoms with Gasteiger partial charge < -0.3 is 5.32 Å². The predicted molar refractivity (Wildman–Crippen MR) is 70.6 cm³/mol. The molecule has 5 nitrogen and oxygen atoms in total.